The standard InChI is InChI=1S/C23H20ClN3O3/c1-29-19-11-18(12-20(13-19)30-2)26-23(28)25-17-6-3-14(4-7-17)22-10-15-9-16(24)5-8-21(15)27-22/h3-13,27H,1-2H3,(H2,25,26,28). The van der Waals surface area contributed by atoms with Crippen LogP contribution in [0.4, 0.5) is 16.2 Å². The topological polar surface area (TPSA) is 75.4 Å². The molecule has 4 rings (SSSR count). The average Bonchev–Trinajstić information content (AvgIpc) is 3.17. The third kappa shape index (κ3) is 4.34. The van der Waals surface area contributed by atoms with Crippen molar-refractivity contribution in [3.05, 3.63) is 71.8 Å². The van der Waals surface area contributed by atoms with Crippen molar-refractivity contribution in [2.75, 3.05) is 24.9 Å². The second-order valence-electron chi connectivity index (χ2n) is 6.67. The molecule has 6 nitrogen and oxygen atoms in total. The number of fused-ring (bicyclic) bond motifs is 1. The zero-order valence-corrected chi connectivity index (χ0v) is 17.2. The molecule has 3 aromatic carbocycles. The SMILES string of the molecule is COc1cc(NC(=O)Nc2ccc(-c3cc4cc(Cl)ccc4[nH]3)cc2)cc(OC)c1. The van der Waals surface area contributed by atoms with E-state index >= 15 is 0 Å². The van der Waals surface area contributed by atoms with E-state index in [0.29, 0.717) is 27.9 Å². The molecule has 0 atom stereocenters. The van der Waals surface area contributed by atoms with Crippen molar-refractivity contribution in [3.8, 4) is 22.8 Å². The molecular formula is C23H20ClN3O3. The molecule has 152 valence electrons. The van der Waals surface area contributed by atoms with Gasteiger partial charge in [-0.15, -0.1) is 0 Å². The summed E-state index contributed by atoms with van der Waals surface area (Å²) in [5.74, 6) is 1.18. The molecular weight excluding hydrogens is 402 g/mol. The highest BCUT2D eigenvalue weighted by Gasteiger charge is 2.08. The summed E-state index contributed by atoms with van der Waals surface area (Å²) >= 11 is 6.06. The molecule has 0 aliphatic rings. The van der Waals surface area contributed by atoms with Crippen molar-refractivity contribution in [3.63, 3.8) is 0 Å². The fourth-order valence-corrected chi connectivity index (χ4v) is 3.35. The summed E-state index contributed by atoms with van der Waals surface area (Å²) in [5, 5.41) is 7.35. The maximum atomic E-state index is 12.4. The molecule has 0 unspecified atom stereocenters. The number of ether oxygens (including phenoxy) is 2. The third-order valence-electron chi connectivity index (χ3n) is 4.65. The number of methoxy groups -OCH3 is 2. The van der Waals surface area contributed by atoms with Crippen molar-refractivity contribution in [1.29, 1.82) is 0 Å². The van der Waals surface area contributed by atoms with Gasteiger partial charge >= 0.3 is 6.03 Å². The highest BCUT2D eigenvalue weighted by Crippen LogP contribution is 2.28. The molecule has 30 heavy (non-hydrogen) atoms. The fraction of sp³-hybridized carbons (Fsp3) is 0.0870. The van der Waals surface area contributed by atoms with Crippen LogP contribution in [0, 0.1) is 0 Å². The molecule has 0 spiro atoms. The summed E-state index contributed by atoms with van der Waals surface area (Å²) < 4.78 is 10.4. The van der Waals surface area contributed by atoms with Crippen molar-refractivity contribution >= 4 is 39.9 Å². The summed E-state index contributed by atoms with van der Waals surface area (Å²) in [6.07, 6.45) is 0. The first kappa shape index (κ1) is 19.7. The zero-order chi connectivity index (χ0) is 21.1. The van der Waals surface area contributed by atoms with E-state index in [1.54, 1.807) is 32.4 Å². The van der Waals surface area contributed by atoms with Gasteiger partial charge in [0.2, 0.25) is 0 Å². The number of amides is 2. The maximum absolute atomic E-state index is 12.4. The third-order valence-corrected chi connectivity index (χ3v) is 4.88. The Bertz CT molecular complexity index is 1180. The monoisotopic (exact) mass is 421 g/mol. The quantitative estimate of drug-likeness (QED) is 0.361. The van der Waals surface area contributed by atoms with Crippen LogP contribution in [-0.4, -0.2) is 25.2 Å². The van der Waals surface area contributed by atoms with E-state index in [-0.39, 0.29) is 6.03 Å². The van der Waals surface area contributed by atoms with Gasteiger partial charge in [0.05, 0.1) is 14.2 Å². The Hall–Kier alpha value is -3.64. The number of nitrogens with one attached hydrogen (secondary N) is 3. The first-order chi connectivity index (χ1) is 14.5. The van der Waals surface area contributed by atoms with Gasteiger partial charge in [-0.1, -0.05) is 23.7 Å². The Morgan fingerprint density at radius 1 is 0.833 bits per heavy atom. The predicted molar refractivity (Wildman–Crippen MR) is 121 cm³/mol. The van der Waals surface area contributed by atoms with Crippen LogP contribution in [0.15, 0.2) is 66.7 Å². The molecule has 0 bridgehead atoms. The van der Waals surface area contributed by atoms with Crippen molar-refractivity contribution in [2.24, 2.45) is 0 Å². The van der Waals surface area contributed by atoms with Gasteiger partial charge in [0.1, 0.15) is 11.5 Å². The van der Waals surface area contributed by atoms with E-state index < -0.39 is 0 Å². The molecule has 0 aliphatic heterocycles. The summed E-state index contributed by atoms with van der Waals surface area (Å²) in [6.45, 7) is 0. The molecule has 0 fully saturated rings. The Kier molecular flexibility index (Phi) is 5.50. The number of carbonyl (C=O) groups is 1. The number of carbonyl (C=O) groups excluding carboxylic acids is 1. The van der Waals surface area contributed by atoms with Gasteiger partial charge in [-0.25, -0.2) is 4.79 Å². The second-order valence-corrected chi connectivity index (χ2v) is 7.11. The Labute approximate surface area is 178 Å². The van der Waals surface area contributed by atoms with Crippen LogP contribution in [0.2, 0.25) is 5.02 Å². The van der Waals surface area contributed by atoms with Crippen LogP contribution in [0.3, 0.4) is 0 Å². The van der Waals surface area contributed by atoms with Crippen LogP contribution in [0.25, 0.3) is 22.2 Å². The minimum absolute atomic E-state index is 0.363. The number of hydrogen-bond acceptors (Lipinski definition) is 3. The number of anilines is 2. The second kappa shape index (κ2) is 8.39. The van der Waals surface area contributed by atoms with E-state index in [4.69, 9.17) is 21.1 Å². The van der Waals surface area contributed by atoms with Crippen molar-refractivity contribution < 1.29 is 14.3 Å². The van der Waals surface area contributed by atoms with Gasteiger partial charge in [0.25, 0.3) is 0 Å². The first-order valence-electron chi connectivity index (χ1n) is 9.24. The summed E-state index contributed by atoms with van der Waals surface area (Å²) in [5.41, 5.74) is 4.24. The van der Waals surface area contributed by atoms with Gasteiger partial charge in [-0.3, -0.25) is 0 Å². The fourth-order valence-electron chi connectivity index (χ4n) is 3.17. The van der Waals surface area contributed by atoms with E-state index in [1.807, 2.05) is 48.5 Å². The molecule has 0 saturated heterocycles. The van der Waals surface area contributed by atoms with Crippen LogP contribution >= 0.6 is 11.6 Å². The van der Waals surface area contributed by atoms with E-state index in [9.17, 15) is 4.79 Å². The summed E-state index contributed by atoms with van der Waals surface area (Å²) in [7, 11) is 3.11. The van der Waals surface area contributed by atoms with Gasteiger partial charge in [-0.05, 0) is 42.0 Å². The number of urea groups is 1. The lowest BCUT2D eigenvalue weighted by Crippen LogP contribution is -2.19. The molecule has 0 aliphatic carbocycles. The van der Waals surface area contributed by atoms with E-state index in [2.05, 4.69) is 15.6 Å². The van der Waals surface area contributed by atoms with Crippen LogP contribution < -0.4 is 20.1 Å². The lowest BCUT2D eigenvalue weighted by Gasteiger charge is -2.11. The minimum atomic E-state index is -0.363. The minimum Gasteiger partial charge on any atom is -0.497 e. The molecule has 0 radical (unpaired) electrons. The number of rotatable bonds is 5. The van der Waals surface area contributed by atoms with Crippen molar-refractivity contribution in [2.45, 2.75) is 0 Å². The first-order valence-corrected chi connectivity index (χ1v) is 9.61. The lowest BCUT2D eigenvalue weighted by molar-refractivity contribution is 0.262. The Balaban J connectivity index is 1.46. The number of H-pyrrole nitrogens is 1. The van der Waals surface area contributed by atoms with Crippen molar-refractivity contribution in [1.82, 2.24) is 4.98 Å². The van der Waals surface area contributed by atoms with E-state index in [1.165, 1.54) is 0 Å². The normalized spacial score (nSPS) is 10.6. The molecule has 1 aromatic heterocycles. The lowest BCUT2D eigenvalue weighted by atomic mass is 10.1. The summed E-state index contributed by atoms with van der Waals surface area (Å²) in [4.78, 5) is 15.7. The Morgan fingerprint density at radius 2 is 1.50 bits per heavy atom. The van der Waals surface area contributed by atoms with Crippen LogP contribution in [0.5, 0.6) is 11.5 Å². The number of aromatic amines is 1. The Morgan fingerprint density at radius 3 is 2.17 bits per heavy atom. The van der Waals surface area contributed by atoms with Gasteiger partial charge in [0.15, 0.2) is 0 Å². The van der Waals surface area contributed by atoms with Crippen LogP contribution in [0.1, 0.15) is 0 Å². The number of aromatic nitrogens is 1. The van der Waals surface area contributed by atoms with Gasteiger partial charge in [-0.2, -0.15) is 0 Å². The summed E-state index contributed by atoms with van der Waals surface area (Å²) in [6, 6.07) is 20.2. The van der Waals surface area contributed by atoms with Gasteiger partial charge in [0, 0.05) is 51.2 Å². The number of halogens is 1. The predicted octanol–water partition coefficient (Wildman–Crippen LogP) is 6.15. The molecule has 3 N–H and O–H groups in total. The largest absolute Gasteiger partial charge is 0.497 e. The maximum Gasteiger partial charge on any atom is 0.323 e. The number of benzene rings is 3. The molecule has 7 heteroatoms. The molecule has 4 aromatic rings. The highest BCUT2D eigenvalue weighted by molar-refractivity contribution is 6.31. The molecule has 2 amide bonds. The zero-order valence-electron chi connectivity index (χ0n) is 16.5. The smallest absolute Gasteiger partial charge is 0.323 e. The van der Waals surface area contributed by atoms with E-state index in [0.717, 1.165) is 22.2 Å². The van der Waals surface area contributed by atoms with Crippen LogP contribution in [-0.2, 0) is 0 Å². The highest BCUT2D eigenvalue weighted by atomic mass is 35.5. The average molecular weight is 422 g/mol. The molecule has 0 saturated carbocycles. The van der Waals surface area contributed by atoms with Gasteiger partial charge < -0.3 is 25.1 Å². The number of hydrogen-bond donors (Lipinski definition) is 3. The molecule has 1 heterocycles.